The van der Waals surface area contributed by atoms with Gasteiger partial charge in [-0.05, 0) is 68.4 Å². The summed E-state index contributed by atoms with van der Waals surface area (Å²) >= 11 is 0. The summed E-state index contributed by atoms with van der Waals surface area (Å²) in [6.45, 7) is 4.49. The number of piperazine rings is 1. The van der Waals surface area contributed by atoms with Crippen molar-refractivity contribution in [2.45, 2.75) is 25.1 Å². The largest absolute Gasteiger partial charge is 0.416 e. The Hall–Kier alpha value is -3.27. The van der Waals surface area contributed by atoms with Crippen molar-refractivity contribution >= 4 is 29.0 Å². The number of rotatable bonds is 4. The van der Waals surface area contributed by atoms with Crippen molar-refractivity contribution in [1.82, 2.24) is 10.2 Å². The molecule has 2 heterocycles. The highest BCUT2D eigenvalue weighted by Crippen LogP contribution is 2.30. The highest BCUT2D eigenvalue weighted by Gasteiger charge is 2.32. The van der Waals surface area contributed by atoms with Gasteiger partial charge in [-0.3, -0.25) is 4.79 Å². The predicted molar refractivity (Wildman–Crippen MR) is 125 cm³/mol. The number of benzene rings is 2. The zero-order chi connectivity index (χ0) is 24.3. The standard InChI is InChI=1S/C24H28F3N5O2/c1-30-13-15-31(16-14-30)19-8-10-20(11-9-19)32-12-2-3-21(22(32)33)29-23(34)28-18-6-4-17(5-7-18)24(25,26)27/h4-11,21H,2-3,12-16H2,1H3,(H2,28,29,34)/t21-/m1/s1. The van der Waals surface area contributed by atoms with E-state index >= 15 is 0 Å². The van der Waals surface area contributed by atoms with Gasteiger partial charge in [0.15, 0.2) is 0 Å². The third kappa shape index (κ3) is 5.61. The van der Waals surface area contributed by atoms with Gasteiger partial charge in [0, 0.05) is 49.8 Å². The van der Waals surface area contributed by atoms with Gasteiger partial charge in [-0.1, -0.05) is 0 Å². The molecule has 7 nitrogen and oxygen atoms in total. The van der Waals surface area contributed by atoms with E-state index in [1.165, 1.54) is 12.1 Å². The van der Waals surface area contributed by atoms with Crippen LogP contribution in [0.25, 0.3) is 0 Å². The first-order valence-electron chi connectivity index (χ1n) is 11.3. The van der Waals surface area contributed by atoms with Crippen LogP contribution in [-0.4, -0.2) is 62.7 Å². The molecule has 4 rings (SSSR count). The molecule has 2 aliphatic rings. The number of nitrogens with one attached hydrogen (secondary N) is 2. The minimum absolute atomic E-state index is 0.207. The van der Waals surface area contributed by atoms with Gasteiger partial charge < -0.3 is 25.3 Å². The van der Waals surface area contributed by atoms with Crippen molar-refractivity contribution in [3.8, 4) is 0 Å². The molecule has 0 aliphatic carbocycles. The van der Waals surface area contributed by atoms with E-state index in [9.17, 15) is 22.8 Å². The minimum Gasteiger partial charge on any atom is -0.369 e. The Kier molecular flexibility index (Phi) is 6.97. The molecular weight excluding hydrogens is 447 g/mol. The number of carbonyl (C=O) groups is 2. The van der Waals surface area contributed by atoms with Crippen LogP contribution in [0.15, 0.2) is 48.5 Å². The van der Waals surface area contributed by atoms with Crippen LogP contribution in [0.5, 0.6) is 0 Å². The molecule has 34 heavy (non-hydrogen) atoms. The number of piperidine rings is 1. The van der Waals surface area contributed by atoms with Gasteiger partial charge in [0.25, 0.3) is 0 Å². The normalized spacial score (nSPS) is 19.8. The van der Waals surface area contributed by atoms with E-state index < -0.39 is 23.8 Å². The van der Waals surface area contributed by atoms with Crippen LogP contribution in [-0.2, 0) is 11.0 Å². The molecule has 182 valence electrons. The summed E-state index contributed by atoms with van der Waals surface area (Å²) in [6.07, 6.45) is -3.23. The van der Waals surface area contributed by atoms with Gasteiger partial charge in [-0.15, -0.1) is 0 Å². The van der Waals surface area contributed by atoms with E-state index in [0.29, 0.717) is 13.0 Å². The van der Waals surface area contributed by atoms with Gasteiger partial charge >= 0.3 is 12.2 Å². The van der Waals surface area contributed by atoms with E-state index in [2.05, 4.69) is 27.5 Å². The van der Waals surface area contributed by atoms with Crippen molar-refractivity contribution < 1.29 is 22.8 Å². The van der Waals surface area contributed by atoms with Crippen molar-refractivity contribution in [3.63, 3.8) is 0 Å². The Bertz CT molecular complexity index is 1000. The molecule has 0 radical (unpaired) electrons. The average molecular weight is 476 g/mol. The lowest BCUT2D eigenvalue weighted by Gasteiger charge is -2.35. The Morgan fingerprint density at radius 1 is 0.912 bits per heavy atom. The number of amides is 3. The quantitative estimate of drug-likeness (QED) is 0.707. The average Bonchev–Trinajstić information content (AvgIpc) is 2.81. The maximum Gasteiger partial charge on any atom is 0.416 e. The molecule has 2 saturated heterocycles. The van der Waals surface area contributed by atoms with Crippen molar-refractivity contribution in [2.24, 2.45) is 0 Å². The van der Waals surface area contributed by atoms with Crippen LogP contribution in [0.3, 0.4) is 0 Å². The highest BCUT2D eigenvalue weighted by atomic mass is 19.4. The Labute approximate surface area is 196 Å². The molecule has 2 aliphatic heterocycles. The maximum absolute atomic E-state index is 13.0. The summed E-state index contributed by atoms with van der Waals surface area (Å²) in [5.41, 5.74) is 1.31. The molecule has 0 bridgehead atoms. The van der Waals surface area contributed by atoms with E-state index in [-0.39, 0.29) is 11.6 Å². The fraction of sp³-hybridized carbons (Fsp3) is 0.417. The molecule has 0 unspecified atom stereocenters. The number of carbonyl (C=O) groups excluding carboxylic acids is 2. The van der Waals surface area contributed by atoms with Gasteiger partial charge in [0.2, 0.25) is 5.91 Å². The maximum atomic E-state index is 13.0. The van der Waals surface area contributed by atoms with Crippen molar-refractivity contribution in [1.29, 1.82) is 0 Å². The SMILES string of the molecule is CN1CCN(c2ccc(N3CCC[C@@H](NC(=O)Nc4ccc(C(F)(F)F)cc4)C3=O)cc2)CC1. The highest BCUT2D eigenvalue weighted by molar-refractivity contribution is 6.01. The first kappa shape index (κ1) is 23.9. The number of halogens is 3. The lowest BCUT2D eigenvalue weighted by atomic mass is 10.0. The zero-order valence-electron chi connectivity index (χ0n) is 18.9. The lowest BCUT2D eigenvalue weighted by molar-refractivity contribution is -0.137. The number of hydrogen-bond donors (Lipinski definition) is 2. The fourth-order valence-electron chi connectivity index (χ4n) is 4.24. The Morgan fingerprint density at radius 2 is 1.53 bits per heavy atom. The minimum atomic E-state index is -4.44. The second kappa shape index (κ2) is 9.92. The number of anilines is 3. The second-order valence-electron chi connectivity index (χ2n) is 8.66. The third-order valence-corrected chi connectivity index (χ3v) is 6.24. The Balaban J connectivity index is 1.35. The van der Waals surface area contributed by atoms with Gasteiger partial charge in [0.05, 0.1) is 5.56 Å². The van der Waals surface area contributed by atoms with Crippen LogP contribution < -0.4 is 20.4 Å². The smallest absolute Gasteiger partial charge is 0.369 e. The number of hydrogen-bond acceptors (Lipinski definition) is 4. The van der Waals surface area contributed by atoms with Crippen LogP contribution in [0, 0.1) is 0 Å². The molecule has 2 N–H and O–H groups in total. The predicted octanol–water partition coefficient (Wildman–Crippen LogP) is 3.77. The van der Waals surface area contributed by atoms with Gasteiger partial charge in [0.1, 0.15) is 6.04 Å². The number of likely N-dealkylation sites (N-methyl/N-ethyl adjacent to an activating group) is 1. The van der Waals surface area contributed by atoms with E-state index in [1.807, 2.05) is 24.3 Å². The number of alkyl halides is 3. The molecule has 2 fully saturated rings. The molecule has 2 aromatic carbocycles. The van der Waals surface area contributed by atoms with Crippen LogP contribution in [0.1, 0.15) is 18.4 Å². The van der Waals surface area contributed by atoms with Crippen LogP contribution >= 0.6 is 0 Å². The lowest BCUT2D eigenvalue weighted by Crippen LogP contribution is -2.53. The van der Waals surface area contributed by atoms with Crippen molar-refractivity contribution in [2.75, 3.05) is 54.9 Å². The van der Waals surface area contributed by atoms with Crippen LogP contribution in [0.2, 0.25) is 0 Å². The molecule has 1 atom stereocenters. The summed E-state index contributed by atoms with van der Waals surface area (Å²) in [4.78, 5) is 31.7. The zero-order valence-corrected chi connectivity index (χ0v) is 18.9. The Morgan fingerprint density at radius 3 is 2.15 bits per heavy atom. The summed E-state index contributed by atoms with van der Waals surface area (Å²) in [7, 11) is 2.11. The first-order valence-corrected chi connectivity index (χ1v) is 11.3. The van der Waals surface area contributed by atoms with Crippen LogP contribution in [0.4, 0.5) is 35.0 Å². The molecule has 0 spiro atoms. The summed E-state index contributed by atoms with van der Waals surface area (Å²) in [5.74, 6) is -0.207. The van der Waals surface area contributed by atoms with E-state index in [1.54, 1.807) is 4.90 Å². The molecule has 0 saturated carbocycles. The summed E-state index contributed by atoms with van der Waals surface area (Å²) < 4.78 is 38.1. The molecule has 3 amide bonds. The van der Waals surface area contributed by atoms with Gasteiger partial charge in [-0.25, -0.2) is 4.79 Å². The first-order chi connectivity index (χ1) is 16.2. The monoisotopic (exact) mass is 475 g/mol. The fourth-order valence-corrected chi connectivity index (χ4v) is 4.24. The molecular formula is C24H28F3N5O2. The van der Waals surface area contributed by atoms with E-state index in [0.717, 1.165) is 56.1 Å². The summed E-state index contributed by atoms with van der Waals surface area (Å²) in [6, 6.07) is 10.7. The summed E-state index contributed by atoms with van der Waals surface area (Å²) in [5, 5.41) is 5.15. The van der Waals surface area contributed by atoms with E-state index in [4.69, 9.17) is 0 Å². The number of nitrogens with zero attached hydrogens (tertiary/aromatic N) is 3. The molecule has 0 aromatic heterocycles. The van der Waals surface area contributed by atoms with Crippen molar-refractivity contribution in [3.05, 3.63) is 54.1 Å². The molecule has 2 aromatic rings. The third-order valence-electron chi connectivity index (χ3n) is 6.24. The molecule has 10 heteroatoms. The van der Waals surface area contributed by atoms with Gasteiger partial charge in [-0.2, -0.15) is 13.2 Å². The number of urea groups is 1. The topological polar surface area (TPSA) is 67.9 Å². The second-order valence-corrected chi connectivity index (χ2v) is 8.66.